The second-order valence-corrected chi connectivity index (χ2v) is 4.22. The van der Waals surface area contributed by atoms with E-state index in [1.54, 1.807) is 0 Å². The molecular weight excluding hydrogens is 275 g/mol. The van der Waals surface area contributed by atoms with Gasteiger partial charge in [-0.05, 0) is 18.6 Å². The molecule has 7 heteroatoms. The van der Waals surface area contributed by atoms with Crippen molar-refractivity contribution in [3.63, 3.8) is 0 Å². The maximum atomic E-state index is 5.90. The third-order valence-electron chi connectivity index (χ3n) is 3.07. The fraction of sp³-hybridized carbons (Fsp3) is 0.364. The third-order valence-corrected chi connectivity index (χ3v) is 3.07. The molecule has 1 aromatic carbocycles. The minimum absolute atomic E-state index is 0. The fourth-order valence-electron chi connectivity index (χ4n) is 2.22. The van der Waals surface area contributed by atoms with Gasteiger partial charge in [-0.1, -0.05) is 11.2 Å². The first-order valence-corrected chi connectivity index (χ1v) is 5.40. The molecule has 1 aliphatic heterocycles. The molecule has 1 saturated heterocycles. The summed E-state index contributed by atoms with van der Waals surface area (Å²) in [5, 5.41) is 4.66. The molecule has 2 aromatic rings. The van der Waals surface area contributed by atoms with Crippen molar-refractivity contribution in [2.75, 3.05) is 23.7 Å². The van der Waals surface area contributed by atoms with E-state index in [2.05, 4.69) is 10.1 Å². The van der Waals surface area contributed by atoms with E-state index in [9.17, 15) is 0 Å². The summed E-state index contributed by atoms with van der Waals surface area (Å²) in [6, 6.07) is 6.15. The zero-order chi connectivity index (χ0) is 11.1. The molecular formula is C11H16Cl2N4O. The van der Waals surface area contributed by atoms with Crippen LogP contribution in [-0.2, 0) is 0 Å². The number of hydrogen-bond donors (Lipinski definition) is 2. The molecule has 1 aliphatic rings. The standard InChI is InChI=1S/C11H14N4O.2ClH/c12-7-4-5-15(6-7)9-3-1-2-8-10(9)16-14-11(8)13;;/h1-3,7H,4-6,12H2,(H2,13,14);2*1H. The van der Waals surface area contributed by atoms with Crippen molar-refractivity contribution < 1.29 is 4.52 Å². The SMILES string of the molecule is Cl.Cl.Nc1noc2c(N3CCC(N)C3)cccc12. The summed E-state index contributed by atoms with van der Waals surface area (Å²) in [5.41, 5.74) is 13.4. The predicted molar refractivity (Wildman–Crippen MR) is 77.7 cm³/mol. The number of para-hydroxylation sites is 1. The molecule has 100 valence electrons. The van der Waals surface area contributed by atoms with Crippen LogP contribution < -0.4 is 16.4 Å². The number of nitrogen functional groups attached to an aromatic ring is 1. The van der Waals surface area contributed by atoms with E-state index >= 15 is 0 Å². The fourth-order valence-corrected chi connectivity index (χ4v) is 2.22. The molecule has 5 nitrogen and oxygen atoms in total. The van der Waals surface area contributed by atoms with Gasteiger partial charge in [-0.2, -0.15) is 0 Å². The molecule has 1 fully saturated rings. The number of nitrogens with two attached hydrogens (primary N) is 2. The Morgan fingerprint density at radius 2 is 2.11 bits per heavy atom. The van der Waals surface area contributed by atoms with Crippen molar-refractivity contribution in [2.24, 2.45) is 5.73 Å². The van der Waals surface area contributed by atoms with Gasteiger partial charge in [-0.3, -0.25) is 0 Å². The molecule has 0 aliphatic carbocycles. The highest BCUT2D eigenvalue weighted by Gasteiger charge is 2.22. The van der Waals surface area contributed by atoms with Crippen LogP contribution >= 0.6 is 24.8 Å². The van der Waals surface area contributed by atoms with Crippen molar-refractivity contribution in [3.05, 3.63) is 18.2 Å². The minimum Gasteiger partial charge on any atom is -0.380 e. The van der Waals surface area contributed by atoms with E-state index in [1.165, 1.54) is 0 Å². The summed E-state index contributed by atoms with van der Waals surface area (Å²) in [7, 11) is 0. The van der Waals surface area contributed by atoms with Crippen molar-refractivity contribution >= 4 is 47.3 Å². The second kappa shape index (κ2) is 5.65. The Labute approximate surface area is 117 Å². The first kappa shape index (κ1) is 14.9. The topological polar surface area (TPSA) is 81.3 Å². The van der Waals surface area contributed by atoms with Gasteiger partial charge in [0.15, 0.2) is 11.4 Å². The van der Waals surface area contributed by atoms with Gasteiger partial charge in [-0.15, -0.1) is 24.8 Å². The van der Waals surface area contributed by atoms with Gasteiger partial charge >= 0.3 is 0 Å². The van der Waals surface area contributed by atoms with Crippen LogP contribution in [-0.4, -0.2) is 24.3 Å². The Kier molecular flexibility index (Phi) is 4.67. The molecule has 0 bridgehead atoms. The Balaban J connectivity index is 0.000000810. The van der Waals surface area contributed by atoms with E-state index in [4.69, 9.17) is 16.0 Å². The van der Waals surface area contributed by atoms with Crippen LogP contribution in [0, 0.1) is 0 Å². The third kappa shape index (κ3) is 2.34. The number of hydrogen-bond acceptors (Lipinski definition) is 5. The zero-order valence-electron chi connectivity index (χ0n) is 9.70. The Morgan fingerprint density at radius 3 is 2.78 bits per heavy atom. The van der Waals surface area contributed by atoms with Gasteiger partial charge in [0, 0.05) is 19.1 Å². The molecule has 0 radical (unpaired) electrons. The molecule has 0 spiro atoms. The van der Waals surface area contributed by atoms with Crippen LogP contribution in [0.2, 0.25) is 0 Å². The maximum absolute atomic E-state index is 5.90. The molecule has 0 amide bonds. The quantitative estimate of drug-likeness (QED) is 0.837. The highest BCUT2D eigenvalue weighted by atomic mass is 35.5. The molecule has 3 rings (SSSR count). The van der Waals surface area contributed by atoms with Gasteiger partial charge in [0.1, 0.15) is 0 Å². The predicted octanol–water partition coefficient (Wildman–Crippen LogP) is 1.79. The zero-order valence-corrected chi connectivity index (χ0v) is 11.3. The van der Waals surface area contributed by atoms with Crippen molar-refractivity contribution in [1.82, 2.24) is 5.16 Å². The highest BCUT2D eigenvalue weighted by Crippen LogP contribution is 2.31. The molecule has 0 saturated carbocycles. The van der Waals surface area contributed by atoms with Gasteiger partial charge in [0.25, 0.3) is 0 Å². The molecule has 18 heavy (non-hydrogen) atoms. The molecule has 4 N–H and O–H groups in total. The second-order valence-electron chi connectivity index (χ2n) is 4.22. The van der Waals surface area contributed by atoms with Crippen LogP contribution in [0.3, 0.4) is 0 Å². The van der Waals surface area contributed by atoms with E-state index in [-0.39, 0.29) is 30.9 Å². The summed E-state index contributed by atoms with van der Waals surface area (Å²) in [6.07, 6.45) is 1.01. The van der Waals surface area contributed by atoms with Crippen LogP contribution in [0.15, 0.2) is 22.7 Å². The van der Waals surface area contributed by atoms with E-state index in [1.807, 2.05) is 18.2 Å². The molecule has 1 aromatic heterocycles. The molecule has 1 unspecified atom stereocenters. The maximum Gasteiger partial charge on any atom is 0.192 e. The lowest BCUT2D eigenvalue weighted by Crippen LogP contribution is -2.26. The highest BCUT2D eigenvalue weighted by molar-refractivity contribution is 5.95. The average Bonchev–Trinajstić information content (AvgIpc) is 2.86. The lowest BCUT2D eigenvalue weighted by atomic mass is 10.2. The number of benzene rings is 1. The summed E-state index contributed by atoms with van der Waals surface area (Å²) in [5.74, 6) is 0.445. The van der Waals surface area contributed by atoms with Gasteiger partial charge in [0.2, 0.25) is 0 Å². The lowest BCUT2D eigenvalue weighted by molar-refractivity contribution is 0.460. The summed E-state index contributed by atoms with van der Waals surface area (Å²) in [6.45, 7) is 1.82. The van der Waals surface area contributed by atoms with Gasteiger partial charge in [-0.25, -0.2) is 0 Å². The first-order chi connectivity index (χ1) is 7.75. The number of anilines is 2. The number of rotatable bonds is 1. The number of halogens is 2. The van der Waals surface area contributed by atoms with E-state index in [0.29, 0.717) is 5.82 Å². The van der Waals surface area contributed by atoms with Crippen LogP contribution in [0.4, 0.5) is 11.5 Å². The van der Waals surface area contributed by atoms with Crippen LogP contribution in [0.25, 0.3) is 11.0 Å². The number of nitrogens with zero attached hydrogens (tertiary/aromatic N) is 2. The monoisotopic (exact) mass is 290 g/mol. The van der Waals surface area contributed by atoms with Gasteiger partial charge in [0.05, 0.1) is 11.1 Å². The van der Waals surface area contributed by atoms with Crippen LogP contribution in [0.5, 0.6) is 0 Å². The summed E-state index contributed by atoms with van der Waals surface area (Å²) >= 11 is 0. The first-order valence-electron chi connectivity index (χ1n) is 5.40. The van der Waals surface area contributed by atoms with E-state index in [0.717, 1.165) is 36.2 Å². The summed E-state index contributed by atoms with van der Waals surface area (Å²) < 4.78 is 5.27. The van der Waals surface area contributed by atoms with Crippen molar-refractivity contribution in [2.45, 2.75) is 12.5 Å². The number of fused-ring (bicyclic) bond motifs is 1. The smallest absolute Gasteiger partial charge is 0.192 e. The Morgan fingerprint density at radius 1 is 1.33 bits per heavy atom. The molecule has 1 atom stereocenters. The minimum atomic E-state index is 0. The van der Waals surface area contributed by atoms with Crippen molar-refractivity contribution in [3.8, 4) is 0 Å². The Bertz CT molecular complexity index is 531. The normalized spacial score (nSPS) is 18.5. The van der Waals surface area contributed by atoms with Gasteiger partial charge < -0.3 is 20.9 Å². The summed E-state index contributed by atoms with van der Waals surface area (Å²) in [4.78, 5) is 2.22. The van der Waals surface area contributed by atoms with Crippen molar-refractivity contribution in [1.29, 1.82) is 0 Å². The largest absolute Gasteiger partial charge is 0.380 e. The lowest BCUT2D eigenvalue weighted by Gasteiger charge is -2.17. The average molecular weight is 291 g/mol. The Hall–Kier alpha value is -1.17. The van der Waals surface area contributed by atoms with E-state index < -0.39 is 0 Å². The van der Waals surface area contributed by atoms with Crippen LogP contribution in [0.1, 0.15) is 6.42 Å². The molecule has 2 heterocycles. The number of aromatic nitrogens is 1.